The molecule has 0 fully saturated rings. The first-order valence-corrected chi connectivity index (χ1v) is 5.24. The van der Waals surface area contributed by atoms with Crippen molar-refractivity contribution in [2.75, 3.05) is 0 Å². The van der Waals surface area contributed by atoms with Gasteiger partial charge in [0.1, 0.15) is 6.20 Å². The number of nitrogens with zero attached hydrogens (tertiary/aromatic N) is 4. The zero-order valence-electron chi connectivity index (χ0n) is 9.57. The van der Waals surface area contributed by atoms with Crippen LogP contribution in [0.1, 0.15) is 19.9 Å². The summed E-state index contributed by atoms with van der Waals surface area (Å²) in [6.07, 6.45) is 3.03. The number of pyridine rings is 1. The third-order valence-electron chi connectivity index (χ3n) is 2.35. The van der Waals surface area contributed by atoms with Gasteiger partial charge in [0.2, 0.25) is 0 Å². The van der Waals surface area contributed by atoms with E-state index in [-0.39, 0.29) is 11.7 Å². The molecule has 0 atom stereocenters. The Balaban J connectivity index is 2.56. The first-order valence-electron chi connectivity index (χ1n) is 5.24. The number of nitro groups is 1. The first-order chi connectivity index (χ1) is 8.09. The molecule has 0 N–H and O–H groups in total. The highest BCUT2D eigenvalue weighted by Crippen LogP contribution is 2.27. The van der Waals surface area contributed by atoms with Crippen LogP contribution < -0.4 is 0 Å². The fraction of sp³-hybridized carbons (Fsp3) is 0.273. The second kappa shape index (κ2) is 4.32. The van der Waals surface area contributed by atoms with E-state index in [4.69, 9.17) is 0 Å². The largest absolute Gasteiger partial charge is 0.316 e. The Morgan fingerprint density at radius 1 is 1.41 bits per heavy atom. The van der Waals surface area contributed by atoms with Crippen molar-refractivity contribution in [1.29, 1.82) is 0 Å². The number of hydrogen-bond donors (Lipinski definition) is 0. The van der Waals surface area contributed by atoms with Crippen molar-refractivity contribution in [3.05, 3.63) is 40.7 Å². The monoisotopic (exact) mass is 232 g/mol. The quantitative estimate of drug-likeness (QED) is 0.601. The van der Waals surface area contributed by atoms with Crippen LogP contribution >= 0.6 is 0 Å². The molecule has 2 heterocycles. The number of aromatic nitrogens is 3. The molecule has 0 bridgehead atoms. The topological polar surface area (TPSA) is 73.8 Å². The summed E-state index contributed by atoms with van der Waals surface area (Å²) < 4.78 is 1.57. The predicted octanol–water partition coefficient (Wildman–Crippen LogP) is 2.43. The Bertz CT molecular complexity index is 534. The Morgan fingerprint density at radius 2 is 2.18 bits per heavy atom. The summed E-state index contributed by atoms with van der Waals surface area (Å²) in [5.74, 6) is 0. The zero-order chi connectivity index (χ0) is 12.4. The minimum atomic E-state index is -0.435. The van der Waals surface area contributed by atoms with E-state index in [1.807, 2.05) is 13.8 Å². The van der Waals surface area contributed by atoms with Crippen molar-refractivity contribution in [1.82, 2.24) is 14.8 Å². The molecule has 0 radical (unpaired) electrons. The lowest BCUT2D eigenvalue weighted by atomic mass is 10.2. The van der Waals surface area contributed by atoms with Gasteiger partial charge in [-0.15, -0.1) is 0 Å². The average molecular weight is 232 g/mol. The van der Waals surface area contributed by atoms with Crippen LogP contribution in [-0.2, 0) is 0 Å². The molecule has 88 valence electrons. The molecule has 2 aromatic rings. The second-order valence-corrected chi connectivity index (χ2v) is 3.91. The van der Waals surface area contributed by atoms with Crippen LogP contribution in [0, 0.1) is 10.1 Å². The van der Waals surface area contributed by atoms with Crippen molar-refractivity contribution in [3.8, 4) is 11.4 Å². The summed E-state index contributed by atoms with van der Waals surface area (Å²) in [6.45, 7) is 3.83. The Labute approximate surface area is 98.1 Å². The van der Waals surface area contributed by atoms with Gasteiger partial charge in [-0.25, -0.2) is 0 Å². The molecule has 0 saturated carbocycles. The SMILES string of the molecule is CC(C)n1cc([N+](=O)[O-])c(-c2ccccn2)n1. The van der Waals surface area contributed by atoms with Gasteiger partial charge in [0.15, 0.2) is 5.69 Å². The molecule has 6 nitrogen and oxygen atoms in total. The van der Waals surface area contributed by atoms with Crippen molar-refractivity contribution < 1.29 is 4.92 Å². The molecule has 17 heavy (non-hydrogen) atoms. The number of hydrogen-bond acceptors (Lipinski definition) is 4. The molecule has 0 spiro atoms. The maximum atomic E-state index is 11.0. The van der Waals surface area contributed by atoms with Gasteiger partial charge in [-0.1, -0.05) is 6.07 Å². The Hall–Kier alpha value is -2.24. The normalized spacial score (nSPS) is 10.8. The standard InChI is InChI=1S/C11H12N4O2/c1-8(2)14-7-10(15(16)17)11(13-14)9-5-3-4-6-12-9/h3-8H,1-2H3. The minimum absolute atomic E-state index is 0.0163. The van der Waals surface area contributed by atoms with Crippen LogP contribution in [-0.4, -0.2) is 19.7 Å². The lowest BCUT2D eigenvalue weighted by Gasteiger charge is -2.02. The summed E-state index contributed by atoms with van der Waals surface area (Å²) in [6, 6.07) is 5.32. The molecule has 2 aromatic heterocycles. The van der Waals surface area contributed by atoms with Crippen LogP contribution in [0.4, 0.5) is 5.69 Å². The van der Waals surface area contributed by atoms with E-state index in [1.54, 1.807) is 29.1 Å². The Morgan fingerprint density at radius 3 is 2.71 bits per heavy atom. The summed E-state index contributed by atoms with van der Waals surface area (Å²) in [5.41, 5.74) is 0.806. The zero-order valence-corrected chi connectivity index (χ0v) is 9.57. The lowest BCUT2D eigenvalue weighted by molar-refractivity contribution is -0.384. The summed E-state index contributed by atoms with van der Waals surface area (Å²) >= 11 is 0. The van der Waals surface area contributed by atoms with E-state index >= 15 is 0 Å². The second-order valence-electron chi connectivity index (χ2n) is 3.91. The van der Waals surface area contributed by atoms with Crippen LogP contribution in [0.15, 0.2) is 30.6 Å². The lowest BCUT2D eigenvalue weighted by Crippen LogP contribution is -2.00. The summed E-state index contributed by atoms with van der Waals surface area (Å²) in [7, 11) is 0. The van der Waals surface area contributed by atoms with Gasteiger partial charge in [-0.2, -0.15) is 5.10 Å². The van der Waals surface area contributed by atoms with Crippen LogP contribution in [0.25, 0.3) is 11.4 Å². The minimum Gasteiger partial charge on any atom is -0.262 e. The third-order valence-corrected chi connectivity index (χ3v) is 2.35. The predicted molar refractivity (Wildman–Crippen MR) is 62.5 cm³/mol. The maximum Gasteiger partial charge on any atom is 0.316 e. The van der Waals surface area contributed by atoms with E-state index in [0.717, 1.165) is 0 Å². The Kier molecular flexibility index (Phi) is 2.86. The molecule has 0 amide bonds. The van der Waals surface area contributed by atoms with Gasteiger partial charge in [-0.05, 0) is 26.0 Å². The molecule has 0 saturated heterocycles. The van der Waals surface area contributed by atoms with Crippen molar-refractivity contribution in [2.45, 2.75) is 19.9 Å². The smallest absolute Gasteiger partial charge is 0.262 e. The summed E-state index contributed by atoms with van der Waals surface area (Å²) in [4.78, 5) is 14.6. The fourth-order valence-corrected chi connectivity index (χ4v) is 1.47. The van der Waals surface area contributed by atoms with Gasteiger partial charge in [-0.3, -0.25) is 19.8 Å². The maximum absolute atomic E-state index is 11.0. The highest BCUT2D eigenvalue weighted by Gasteiger charge is 2.22. The summed E-state index contributed by atoms with van der Waals surface area (Å²) in [5, 5.41) is 15.2. The van der Waals surface area contributed by atoms with Gasteiger partial charge < -0.3 is 0 Å². The van der Waals surface area contributed by atoms with Crippen molar-refractivity contribution in [3.63, 3.8) is 0 Å². The molecular formula is C11H12N4O2. The molecule has 0 aromatic carbocycles. The van der Waals surface area contributed by atoms with Gasteiger partial charge in [0, 0.05) is 12.2 Å². The molecular weight excluding hydrogens is 220 g/mol. The molecule has 0 unspecified atom stereocenters. The van der Waals surface area contributed by atoms with E-state index in [0.29, 0.717) is 11.4 Å². The van der Waals surface area contributed by atoms with Gasteiger partial charge >= 0.3 is 5.69 Å². The van der Waals surface area contributed by atoms with E-state index in [2.05, 4.69) is 10.1 Å². The van der Waals surface area contributed by atoms with Crippen LogP contribution in [0.2, 0.25) is 0 Å². The van der Waals surface area contributed by atoms with Crippen LogP contribution in [0.3, 0.4) is 0 Å². The average Bonchev–Trinajstić information content (AvgIpc) is 2.75. The first kappa shape index (κ1) is 11.3. The molecule has 6 heteroatoms. The van der Waals surface area contributed by atoms with E-state index in [1.165, 1.54) is 6.20 Å². The molecule has 0 aliphatic rings. The fourth-order valence-electron chi connectivity index (χ4n) is 1.47. The van der Waals surface area contributed by atoms with Gasteiger partial charge in [0.05, 0.1) is 10.6 Å². The number of rotatable bonds is 3. The molecule has 0 aliphatic heterocycles. The van der Waals surface area contributed by atoms with Crippen LogP contribution in [0.5, 0.6) is 0 Å². The highest BCUT2D eigenvalue weighted by molar-refractivity contribution is 5.65. The molecule has 0 aliphatic carbocycles. The molecule has 2 rings (SSSR count). The van der Waals surface area contributed by atoms with E-state index < -0.39 is 4.92 Å². The van der Waals surface area contributed by atoms with Crippen molar-refractivity contribution >= 4 is 5.69 Å². The van der Waals surface area contributed by atoms with Gasteiger partial charge in [0.25, 0.3) is 0 Å². The third kappa shape index (κ3) is 2.15. The highest BCUT2D eigenvalue weighted by atomic mass is 16.6. The van der Waals surface area contributed by atoms with E-state index in [9.17, 15) is 10.1 Å². The van der Waals surface area contributed by atoms with Crippen molar-refractivity contribution in [2.24, 2.45) is 0 Å².